The van der Waals surface area contributed by atoms with Gasteiger partial charge < -0.3 is 15.5 Å². The minimum absolute atomic E-state index is 0.0345. The Kier molecular flexibility index (Phi) is 14.5. The van der Waals surface area contributed by atoms with Crippen LogP contribution in [0.4, 0.5) is 0 Å². The maximum Gasteiger partial charge on any atom is 0.239 e. The fourth-order valence-electron chi connectivity index (χ4n) is 2.85. The summed E-state index contributed by atoms with van der Waals surface area (Å²) in [6, 6.07) is -0.726. The van der Waals surface area contributed by atoms with Gasteiger partial charge in [0.1, 0.15) is 0 Å². The summed E-state index contributed by atoms with van der Waals surface area (Å²) in [6.07, 6.45) is 11.8. The summed E-state index contributed by atoms with van der Waals surface area (Å²) in [6.45, 7) is 5.85. The highest BCUT2D eigenvalue weighted by Gasteiger charge is 2.22. The van der Waals surface area contributed by atoms with Gasteiger partial charge in [-0.25, -0.2) is 0 Å². The Labute approximate surface area is 155 Å². The second-order valence-electron chi connectivity index (χ2n) is 7.21. The summed E-state index contributed by atoms with van der Waals surface area (Å²) in [5, 5.41) is 0. The number of likely N-dealkylation sites (N-methyl/N-ethyl adjacent to an activating group) is 1. The molecule has 0 aromatic carbocycles. The van der Waals surface area contributed by atoms with Crippen LogP contribution in [-0.2, 0) is 9.59 Å². The van der Waals surface area contributed by atoms with Gasteiger partial charge in [-0.3, -0.25) is 9.59 Å². The number of carbonyl (C=O) groups is 2. The van der Waals surface area contributed by atoms with Gasteiger partial charge in [-0.1, -0.05) is 65.2 Å². The summed E-state index contributed by atoms with van der Waals surface area (Å²) >= 11 is 0. The van der Waals surface area contributed by atoms with Crippen molar-refractivity contribution in [3.63, 3.8) is 0 Å². The first kappa shape index (κ1) is 23.9. The van der Waals surface area contributed by atoms with Crippen molar-refractivity contribution in [2.24, 2.45) is 5.73 Å². The van der Waals surface area contributed by atoms with E-state index in [0.29, 0.717) is 0 Å². The molecule has 0 fully saturated rings. The molecule has 1 atom stereocenters. The molecule has 5 nitrogen and oxygen atoms in total. The molecule has 0 bridgehead atoms. The monoisotopic (exact) mass is 355 g/mol. The number of amides is 2. The second-order valence-corrected chi connectivity index (χ2v) is 7.21. The van der Waals surface area contributed by atoms with Crippen LogP contribution < -0.4 is 5.73 Å². The molecule has 0 radical (unpaired) electrons. The summed E-state index contributed by atoms with van der Waals surface area (Å²) in [7, 11) is 3.58. The third kappa shape index (κ3) is 12.0. The minimum Gasteiger partial charge on any atom is -0.346 e. The molecule has 0 aromatic heterocycles. The average molecular weight is 356 g/mol. The zero-order valence-corrected chi connectivity index (χ0v) is 17.1. The zero-order valence-electron chi connectivity index (χ0n) is 17.1. The van der Waals surface area contributed by atoms with Gasteiger partial charge in [0, 0.05) is 27.2 Å². The number of carbonyl (C=O) groups excluding carboxylic acids is 2. The number of nitrogens with zero attached hydrogens (tertiary/aromatic N) is 2. The minimum atomic E-state index is -0.726. The van der Waals surface area contributed by atoms with Gasteiger partial charge in [0.25, 0.3) is 0 Å². The van der Waals surface area contributed by atoms with Gasteiger partial charge in [0.2, 0.25) is 11.8 Å². The number of hydrogen-bond acceptors (Lipinski definition) is 3. The smallest absolute Gasteiger partial charge is 0.239 e. The molecule has 0 heterocycles. The Balaban J connectivity index is 4.00. The van der Waals surface area contributed by atoms with E-state index in [2.05, 4.69) is 13.8 Å². The summed E-state index contributed by atoms with van der Waals surface area (Å²) in [5.74, 6) is -0.159. The van der Waals surface area contributed by atoms with Crippen LogP contribution in [0.25, 0.3) is 0 Å². The van der Waals surface area contributed by atoms with E-state index in [1.165, 1.54) is 38.5 Å². The van der Waals surface area contributed by atoms with Gasteiger partial charge in [-0.2, -0.15) is 0 Å². The van der Waals surface area contributed by atoms with Crippen molar-refractivity contribution < 1.29 is 9.59 Å². The van der Waals surface area contributed by atoms with E-state index in [1.807, 2.05) is 0 Å². The molecule has 0 spiro atoms. The van der Waals surface area contributed by atoms with Crippen molar-refractivity contribution in [1.82, 2.24) is 9.80 Å². The molecule has 0 saturated carbocycles. The Hall–Kier alpha value is -1.10. The SMILES string of the molecule is CCCCCCCN(C)C(=O)C[C@H](N)C(=O)N(C)CCCCCCC. The van der Waals surface area contributed by atoms with Gasteiger partial charge in [0.05, 0.1) is 12.5 Å². The van der Waals surface area contributed by atoms with Crippen molar-refractivity contribution in [3.8, 4) is 0 Å². The van der Waals surface area contributed by atoms with Crippen LogP contribution in [-0.4, -0.2) is 54.8 Å². The number of nitrogens with two attached hydrogens (primary N) is 1. The van der Waals surface area contributed by atoms with Gasteiger partial charge in [-0.15, -0.1) is 0 Å². The highest BCUT2D eigenvalue weighted by Crippen LogP contribution is 2.07. The van der Waals surface area contributed by atoms with E-state index in [9.17, 15) is 9.59 Å². The van der Waals surface area contributed by atoms with E-state index in [-0.39, 0.29) is 18.2 Å². The molecule has 5 heteroatoms. The first-order chi connectivity index (χ1) is 11.9. The Morgan fingerprint density at radius 3 is 1.68 bits per heavy atom. The molecule has 0 aliphatic carbocycles. The molecule has 2 amide bonds. The lowest BCUT2D eigenvalue weighted by Crippen LogP contribution is -2.45. The quantitative estimate of drug-likeness (QED) is 0.457. The molecule has 0 saturated heterocycles. The highest BCUT2D eigenvalue weighted by atomic mass is 16.2. The van der Waals surface area contributed by atoms with Crippen LogP contribution in [0, 0.1) is 0 Å². The van der Waals surface area contributed by atoms with Crippen LogP contribution >= 0.6 is 0 Å². The van der Waals surface area contributed by atoms with Crippen LogP contribution in [0.15, 0.2) is 0 Å². The van der Waals surface area contributed by atoms with Crippen LogP contribution in [0.1, 0.15) is 84.5 Å². The molecular weight excluding hydrogens is 314 g/mol. The third-order valence-electron chi connectivity index (χ3n) is 4.71. The maximum atomic E-state index is 12.3. The molecule has 0 aromatic rings. The topological polar surface area (TPSA) is 66.6 Å². The molecule has 25 heavy (non-hydrogen) atoms. The van der Waals surface area contributed by atoms with Crippen molar-refractivity contribution in [3.05, 3.63) is 0 Å². The third-order valence-corrected chi connectivity index (χ3v) is 4.71. The van der Waals surface area contributed by atoms with E-state index in [1.54, 1.807) is 23.9 Å². The first-order valence-corrected chi connectivity index (χ1v) is 10.2. The zero-order chi connectivity index (χ0) is 19.1. The van der Waals surface area contributed by atoms with E-state index < -0.39 is 6.04 Å². The highest BCUT2D eigenvalue weighted by molar-refractivity contribution is 5.88. The van der Waals surface area contributed by atoms with Crippen molar-refractivity contribution in [2.75, 3.05) is 27.2 Å². The maximum absolute atomic E-state index is 12.3. The van der Waals surface area contributed by atoms with Gasteiger partial charge in [-0.05, 0) is 12.8 Å². The largest absolute Gasteiger partial charge is 0.346 e. The van der Waals surface area contributed by atoms with Crippen molar-refractivity contribution in [2.45, 2.75) is 90.5 Å². The predicted octanol–water partition coefficient (Wildman–Crippen LogP) is 3.56. The summed E-state index contributed by atoms with van der Waals surface area (Å²) in [4.78, 5) is 27.9. The molecular formula is C20H41N3O2. The Morgan fingerprint density at radius 2 is 1.20 bits per heavy atom. The Bertz CT molecular complexity index is 361. The molecule has 2 N–H and O–H groups in total. The van der Waals surface area contributed by atoms with E-state index in [4.69, 9.17) is 5.73 Å². The summed E-state index contributed by atoms with van der Waals surface area (Å²) < 4.78 is 0. The average Bonchev–Trinajstić information content (AvgIpc) is 2.60. The normalized spacial score (nSPS) is 12.0. The van der Waals surface area contributed by atoms with Crippen molar-refractivity contribution >= 4 is 11.8 Å². The first-order valence-electron chi connectivity index (χ1n) is 10.2. The van der Waals surface area contributed by atoms with Gasteiger partial charge in [0.15, 0.2) is 0 Å². The molecule has 0 rings (SSSR count). The van der Waals surface area contributed by atoms with E-state index >= 15 is 0 Å². The number of unbranched alkanes of at least 4 members (excludes halogenated alkanes) is 8. The number of rotatable bonds is 15. The van der Waals surface area contributed by atoms with E-state index in [0.717, 1.165) is 38.8 Å². The fraction of sp³-hybridized carbons (Fsp3) is 0.900. The predicted molar refractivity (Wildman–Crippen MR) is 105 cm³/mol. The summed E-state index contributed by atoms with van der Waals surface area (Å²) in [5.41, 5.74) is 5.96. The molecule has 148 valence electrons. The lowest BCUT2D eigenvalue weighted by molar-refractivity contribution is -0.137. The number of hydrogen-bond donors (Lipinski definition) is 1. The van der Waals surface area contributed by atoms with Crippen molar-refractivity contribution in [1.29, 1.82) is 0 Å². The van der Waals surface area contributed by atoms with Crippen LogP contribution in [0.3, 0.4) is 0 Å². The van der Waals surface area contributed by atoms with Crippen LogP contribution in [0.2, 0.25) is 0 Å². The van der Waals surface area contributed by atoms with Crippen LogP contribution in [0.5, 0.6) is 0 Å². The molecule has 0 aliphatic rings. The standard InChI is InChI=1S/C20H41N3O2/c1-5-7-9-11-13-15-22(3)19(24)17-18(21)20(25)23(4)16-14-12-10-8-6-2/h18H,5-17,21H2,1-4H3/t18-/m0/s1. The second kappa shape index (κ2) is 15.2. The lowest BCUT2D eigenvalue weighted by atomic mass is 10.1. The van der Waals surface area contributed by atoms with Gasteiger partial charge >= 0.3 is 0 Å². The fourth-order valence-corrected chi connectivity index (χ4v) is 2.85. The lowest BCUT2D eigenvalue weighted by Gasteiger charge is -2.23. The molecule has 0 unspecified atom stereocenters. The molecule has 0 aliphatic heterocycles. The Morgan fingerprint density at radius 1 is 0.760 bits per heavy atom.